The number of esters is 2. The Balaban J connectivity index is 2.77. The molecule has 28 heavy (non-hydrogen) atoms. The molecular weight excluding hydrogens is 368 g/mol. The average molecular weight is 388 g/mol. The lowest BCUT2D eigenvalue weighted by Gasteiger charge is -2.17. The number of rotatable bonds is 7. The van der Waals surface area contributed by atoms with Crippen LogP contribution in [0.3, 0.4) is 0 Å². The van der Waals surface area contributed by atoms with Crippen LogP contribution in [0.15, 0.2) is 30.3 Å². The fourth-order valence-corrected chi connectivity index (χ4v) is 2.71. The Kier molecular flexibility index (Phi) is 6.59. The molecule has 8 nitrogen and oxygen atoms in total. The number of hydrogen-bond donors (Lipinski definition) is 0. The van der Waals surface area contributed by atoms with Gasteiger partial charge in [0, 0.05) is 0 Å². The minimum absolute atomic E-state index is 0.0146. The Bertz CT molecular complexity index is 891. The van der Waals surface area contributed by atoms with Crippen molar-refractivity contribution >= 4 is 17.7 Å². The topological polar surface area (TPSA) is 97.4 Å². The van der Waals surface area contributed by atoms with E-state index in [-0.39, 0.29) is 39.5 Å². The van der Waals surface area contributed by atoms with Gasteiger partial charge in [0.25, 0.3) is 0 Å². The molecular formula is C20H20O8. The maximum atomic E-state index is 13.4. The predicted molar refractivity (Wildman–Crippen MR) is 98.7 cm³/mol. The van der Waals surface area contributed by atoms with Crippen molar-refractivity contribution in [2.24, 2.45) is 0 Å². The van der Waals surface area contributed by atoms with E-state index in [1.165, 1.54) is 53.7 Å². The zero-order valence-electron chi connectivity index (χ0n) is 16.2. The molecule has 0 amide bonds. The maximum absolute atomic E-state index is 13.4. The molecule has 8 heteroatoms. The first kappa shape index (κ1) is 20.8. The molecule has 0 aliphatic heterocycles. The molecule has 2 aromatic rings. The van der Waals surface area contributed by atoms with E-state index in [9.17, 15) is 14.4 Å². The molecule has 148 valence electrons. The smallest absolute Gasteiger partial charge is 0.338 e. The van der Waals surface area contributed by atoms with Crippen LogP contribution in [0, 0.1) is 0 Å². The highest BCUT2D eigenvalue weighted by atomic mass is 16.5. The molecule has 0 radical (unpaired) electrons. The quantitative estimate of drug-likeness (QED) is 0.527. The minimum atomic E-state index is -0.702. The van der Waals surface area contributed by atoms with Crippen molar-refractivity contribution in [3.8, 4) is 17.2 Å². The summed E-state index contributed by atoms with van der Waals surface area (Å²) in [5, 5.41) is 0. The van der Waals surface area contributed by atoms with Crippen LogP contribution in [-0.4, -0.2) is 53.3 Å². The van der Waals surface area contributed by atoms with Crippen molar-refractivity contribution in [2.75, 3.05) is 35.5 Å². The summed E-state index contributed by atoms with van der Waals surface area (Å²) in [6.45, 7) is 0. The first-order valence-corrected chi connectivity index (χ1v) is 8.07. The number of methoxy groups -OCH3 is 5. The van der Waals surface area contributed by atoms with E-state index in [2.05, 4.69) is 0 Å². The fraction of sp³-hybridized carbons (Fsp3) is 0.250. The first-order valence-electron chi connectivity index (χ1n) is 8.07. The van der Waals surface area contributed by atoms with Crippen LogP contribution in [0.5, 0.6) is 17.2 Å². The summed E-state index contributed by atoms with van der Waals surface area (Å²) in [6.07, 6.45) is 0. The molecule has 0 spiro atoms. The molecule has 0 atom stereocenters. The van der Waals surface area contributed by atoms with Gasteiger partial charge in [-0.2, -0.15) is 0 Å². The van der Waals surface area contributed by atoms with Gasteiger partial charge in [0.2, 0.25) is 5.78 Å². The molecule has 0 bridgehead atoms. The normalized spacial score (nSPS) is 10.0. The summed E-state index contributed by atoms with van der Waals surface area (Å²) in [5.41, 5.74) is 0.167. The zero-order valence-corrected chi connectivity index (χ0v) is 16.2. The van der Waals surface area contributed by atoms with Crippen molar-refractivity contribution < 1.29 is 38.1 Å². The second kappa shape index (κ2) is 8.90. The number of ketones is 1. The van der Waals surface area contributed by atoms with Crippen LogP contribution in [0.25, 0.3) is 0 Å². The van der Waals surface area contributed by atoms with Gasteiger partial charge in [0.15, 0.2) is 0 Å². The van der Waals surface area contributed by atoms with E-state index in [0.29, 0.717) is 0 Å². The van der Waals surface area contributed by atoms with Gasteiger partial charge in [-0.3, -0.25) is 4.79 Å². The summed E-state index contributed by atoms with van der Waals surface area (Å²) < 4.78 is 25.3. The third kappa shape index (κ3) is 3.75. The van der Waals surface area contributed by atoms with Crippen molar-refractivity contribution in [1.82, 2.24) is 0 Å². The van der Waals surface area contributed by atoms with Gasteiger partial charge in [-0.05, 0) is 24.3 Å². The molecule has 0 heterocycles. The lowest BCUT2D eigenvalue weighted by atomic mass is 9.95. The van der Waals surface area contributed by atoms with Gasteiger partial charge in [-0.25, -0.2) is 9.59 Å². The van der Waals surface area contributed by atoms with Crippen LogP contribution in [0.4, 0.5) is 0 Å². The highest BCUT2D eigenvalue weighted by Crippen LogP contribution is 2.36. The fourth-order valence-electron chi connectivity index (χ4n) is 2.71. The Hall–Kier alpha value is -3.55. The van der Waals surface area contributed by atoms with Crippen LogP contribution < -0.4 is 14.2 Å². The SMILES string of the molecule is COC(=O)c1cc(OC)c(C(=O)c2c(OC)cccc2C(=O)OC)c(OC)c1. The average Bonchev–Trinajstić information content (AvgIpc) is 2.75. The van der Waals surface area contributed by atoms with Crippen molar-refractivity contribution in [3.63, 3.8) is 0 Å². The van der Waals surface area contributed by atoms with Gasteiger partial charge in [0.1, 0.15) is 22.8 Å². The van der Waals surface area contributed by atoms with Crippen LogP contribution in [-0.2, 0) is 9.47 Å². The molecule has 0 aromatic heterocycles. The van der Waals surface area contributed by atoms with E-state index in [4.69, 9.17) is 23.7 Å². The number of carbonyl (C=O) groups is 3. The Labute approximate surface area is 161 Å². The maximum Gasteiger partial charge on any atom is 0.338 e. The standard InChI is InChI=1S/C20H20O8/c1-24-13-8-6-7-12(20(23)28-5)16(13)18(21)17-14(25-2)9-11(19(22)27-4)10-15(17)26-3/h6-10H,1-5H3. The second-order valence-electron chi connectivity index (χ2n) is 5.45. The monoisotopic (exact) mass is 388 g/mol. The third-order valence-electron chi connectivity index (χ3n) is 4.03. The summed E-state index contributed by atoms with van der Waals surface area (Å²) in [7, 11) is 6.51. The van der Waals surface area contributed by atoms with Crippen LogP contribution in [0.1, 0.15) is 36.6 Å². The van der Waals surface area contributed by atoms with E-state index in [0.717, 1.165) is 0 Å². The molecule has 0 aliphatic rings. The number of ether oxygens (including phenoxy) is 5. The highest BCUT2D eigenvalue weighted by Gasteiger charge is 2.29. The predicted octanol–water partition coefficient (Wildman–Crippen LogP) is 2.52. The molecule has 0 unspecified atom stereocenters. The van der Waals surface area contributed by atoms with Crippen LogP contribution in [0.2, 0.25) is 0 Å². The number of benzene rings is 2. The van der Waals surface area contributed by atoms with Gasteiger partial charge in [-0.15, -0.1) is 0 Å². The Morgan fingerprint density at radius 2 is 1.21 bits per heavy atom. The van der Waals surface area contributed by atoms with E-state index >= 15 is 0 Å². The zero-order chi connectivity index (χ0) is 20.8. The lowest BCUT2D eigenvalue weighted by Crippen LogP contribution is -2.15. The highest BCUT2D eigenvalue weighted by molar-refractivity contribution is 6.19. The van der Waals surface area contributed by atoms with Crippen molar-refractivity contribution in [2.45, 2.75) is 0 Å². The number of hydrogen-bond acceptors (Lipinski definition) is 8. The molecule has 0 fully saturated rings. The minimum Gasteiger partial charge on any atom is -0.496 e. The summed E-state index contributed by atoms with van der Waals surface area (Å²) in [4.78, 5) is 37.5. The van der Waals surface area contributed by atoms with E-state index in [1.54, 1.807) is 12.1 Å². The van der Waals surface area contributed by atoms with E-state index < -0.39 is 17.7 Å². The Morgan fingerprint density at radius 3 is 1.68 bits per heavy atom. The van der Waals surface area contributed by atoms with Crippen LogP contribution >= 0.6 is 0 Å². The molecule has 2 rings (SSSR count). The summed E-state index contributed by atoms with van der Waals surface area (Å²) in [5.74, 6) is -1.59. The first-order chi connectivity index (χ1) is 13.4. The summed E-state index contributed by atoms with van der Waals surface area (Å²) in [6, 6.07) is 7.27. The molecule has 0 aliphatic carbocycles. The van der Waals surface area contributed by atoms with Gasteiger partial charge in [0.05, 0.1) is 52.2 Å². The molecule has 2 aromatic carbocycles. The lowest BCUT2D eigenvalue weighted by molar-refractivity contribution is 0.0590. The van der Waals surface area contributed by atoms with Gasteiger partial charge in [-0.1, -0.05) is 6.07 Å². The third-order valence-corrected chi connectivity index (χ3v) is 4.03. The summed E-state index contributed by atoms with van der Waals surface area (Å²) >= 11 is 0. The Morgan fingerprint density at radius 1 is 0.679 bits per heavy atom. The second-order valence-corrected chi connectivity index (χ2v) is 5.45. The van der Waals surface area contributed by atoms with Crippen molar-refractivity contribution in [3.05, 3.63) is 52.6 Å². The van der Waals surface area contributed by atoms with Gasteiger partial charge >= 0.3 is 11.9 Å². The van der Waals surface area contributed by atoms with E-state index in [1.807, 2.05) is 0 Å². The van der Waals surface area contributed by atoms with Crippen molar-refractivity contribution in [1.29, 1.82) is 0 Å². The molecule has 0 saturated carbocycles. The number of carbonyl (C=O) groups excluding carboxylic acids is 3. The molecule has 0 N–H and O–H groups in total. The van der Waals surface area contributed by atoms with Gasteiger partial charge < -0.3 is 23.7 Å². The largest absolute Gasteiger partial charge is 0.496 e. The molecule has 0 saturated heterocycles.